The number of nitrogens with zero attached hydrogens (tertiary/aromatic N) is 5. The number of aryl methyl sites for hydroxylation is 1. The SMILES string of the molecule is COc1nc(C)cc(Oc2ccc(-n3cncn3)cc2)n1. The number of methoxy groups -OCH3 is 1. The highest BCUT2D eigenvalue weighted by Crippen LogP contribution is 2.22. The molecule has 2 heterocycles. The lowest BCUT2D eigenvalue weighted by Crippen LogP contribution is -1.97. The predicted molar refractivity (Wildman–Crippen MR) is 74.8 cm³/mol. The maximum atomic E-state index is 5.70. The molecule has 0 atom stereocenters. The van der Waals surface area contributed by atoms with E-state index in [0.717, 1.165) is 11.4 Å². The van der Waals surface area contributed by atoms with E-state index in [4.69, 9.17) is 9.47 Å². The van der Waals surface area contributed by atoms with Gasteiger partial charge in [0, 0.05) is 11.8 Å². The maximum absolute atomic E-state index is 5.70. The molecule has 3 aromatic rings. The first-order valence-corrected chi connectivity index (χ1v) is 6.27. The Balaban J connectivity index is 1.80. The third-order valence-electron chi connectivity index (χ3n) is 2.74. The summed E-state index contributed by atoms with van der Waals surface area (Å²) in [5.41, 5.74) is 1.67. The van der Waals surface area contributed by atoms with Crippen LogP contribution in [0.4, 0.5) is 0 Å². The van der Waals surface area contributed by atoms with Gasteiger partial charge in [-0.3, -0.25) is 0 Å². The lowest BCUT2D eigenvalue weighted by atomic mass is 10.3. The van der Waals surface area contributed by atoms with E-state index >= 15 is 0 Å². The summed E-state index contributed by atoms with van der Waals surface area (Å²) in [5.74, 6) is 1.10. The van der Waals surface area contributed by atoms with Crippen molar-refractivity contribution in [1.29, 1.82) is 0 Å². The zero-order valence-corrected chi connectivity index (χ0v) is 11.6. The van der Waals surface area contributed by atoms with Crippen molar-refractivity contribution >= 4 is 0 Å². The Labute approximate surface area is 121 Å². The summed E-state index contributed by atoms with van der Waals surface area (Å²) in [4.78, 5) is 12.2. The van der Waals surface area contributed by atoms with Gasteiger partial charge in [-0.05, 0) is 31.2 Å². The number of benzene rings is 1. The van der Waals surface area contributed by atoms with Crippen molar-refractivity contribution in [2.24, 2.45) is 0 Å². The molecule has 0 amide bonds. The molecular formula is C14H13N5O2. The van der Waals surface area contributed by atoms with Crippen LogP contribution in [0.5, 0.6) is 17.6 Å². The number of ether oxygens (including phenoxy) is 2. The molecule has 0 saturated carbocycles. The van der Waals surface area contributed by atoms with E-state index < -0.39 is 0 Å². The van der Waals surface area contributed by atoms with Crippen LogP contribution in [0, 0.1) is 6.92 Å². The van der Waals surface area contributed by atoms with Gasteiger partial charge in [-0.15, -0.1) is 0 Å². The molecule has 0 radical (unpaired) electrons. The zero-order chi connectivity index (χ0) is 14.7. The van der Waals surface area contributed by atoms with Crippen molar-refractivity contribution in [3.8, 4) is 23.3 Å². The predicted octanol–water partition coefficient (Wildman–Crippen LogP) is 2.17. The third kappa shape index (κ3) is 2.97. The molecule has 0 spiro atoms. The molecule has 0 saturated heterocycles. The van der Waals surface area contributed by atoms with Gasteiger partial charge < -0.3 is 9.47 Å². The Morgan fingerprint density at radius 2 is 1.90 bits per heavy atom. The van der Waals surface area contributed by atoms with E-state index in [-0.39, 0.29) is 6.01 Å². The van der Waals surface area contributed by atoms with Gasteiger partial charge in [-0.25, -0.2) is 14.6 Å². The highest BCUT2D eigenvalue weighted by molar-refractivity contribution is 5.37. The molecule has 0 fully saturated rings. The largest absolute Gasteiger partial charge is 0.467 e. The first-order valence-electron chi connectivity index (χ1n) is 6.27. The van der Waals surface area contributed by atoms with Crippen molar-refractivity contribution in [2.75, 3.05) is 7.11 Å². The Morgan fingerprint density at radius 1 is 1.10 bits per heavy atom. The first-order chi connectivity index (χ1) is 10.2. The van der Waals surface area contributed by atoms with Gasteiger partial charge in [0.15, 0.2) is 0 Å². The van der Waals surface area contributed by atoms with E-state index in [1.165, 1.54) is 13.4 Å². The van der Waals surface area contributed by atoms with Gasteiger partial charge >= 0.3 is 6.01 Å². The van der Waals surface area contributed by atoms with Gasteiger partial charge in [0.05, 0.1) is 12.8 Å². The molecule has 0 aliphatic rings. The number of hydrogen-bond acceptors (Lipinski definition) is 6. The summed E-state index contributed by atoms with van der Waals surface area (Å²) >= 11 is 0. The molecule has 0 unspecified atom stereocenters. The molecule has 0 aliphatic heterocycles. The molecule has 3 rings (SSSR count). The summed E-state index contributed by atoms with van der Waals surface area (Å²) in [6.45, 7) is 1.85. The molecule has 0 N–H and O–H groups in total. The average molecular weight is 283 g/mol. The molecule has 0 aliphatic carbocycles. The van der Waals surface area contributed by atoms with Crippen LogP contribution in [0.3, 0.4) is 0 Å². The Hall–Kier alpha value is -2.96. The van der Waals surface area contributed by atoms with Crippen molar-refractivity contribution in [3.63, 3.8) is 0 Å². The van der Waals surface area contributed by atoms with Gasteiger partial charge in [0.2, 0.25) is 5.88 Å². The fourth-order valence-corrected chi connectivity index (χ4v) is 1.79. The second-order valence-corrected chi connectivity index (χ2v) is 4.27. The maximum Gasteiger partial charge on any atom is 0.319 e. The van der Waals surface area contributed by atoms with Crippen molar-refractivity contribution in [3.05, 3.63) is 48.7 Å². The normalized spacial score (nSPS) is 10.4. The van der Waals surface area contributed by atoms with Crippen molar-refractivity contribution < 1.29 is 9.47 Å². The highest BCUT2D eigenvalue weighted by atomic mass is 16.5. The summed E-state index contributed by atoms with van der Waals surface area (Å²) in [6.07, 6.45) is 3.12. The van der Waals surface area contributed by atoms with E-state index in [2.05, 4.69) is 20.1 Å². The fraction of sp³-hybridized carbons (Fsp3) is 0.143. The van der Waals surface area contributed by atoms with Gasteiger partial charge in [0.1, 0.15) is 18.4 Å². The molecule has 7 heteroatoms. The van der Waals surface area contributed by atoms with E-state index in [1.807, 2.05) is 31.2 Å². The highest BCUT2D eigenvalue weighted by Gasteiger charge is 2.05. The van der Waals surface area contributed by atoms with Gasteiger partial charge in [0.25, 0.3) is 0 Å². The molecule has 7 nitrogen and oxygen atoms in total. The van der Waals surface area contributed by atoms with Crippen LogP contribution in [0.15, 0.2) is 43.0 Å². The fourth-order valence-electron chi connectivity index (χ4n) is 1.79. The molecule has 1 aromatic carbocycles. The number of hydrogen-bond donors (Lipinski definition) is 0. The third-order valence-corrected chi connectivity index (χ3v) is 2.74. The topological polar surface area (TPSA) is 75.0 Å². The van der Waals surface area contributed by atoms with E-state index in [9.17, 15) is 0 Å². The second kappa shape index (κ2) is 5.58. The van der Waals surface area contributed by atoms with Crippen LogP contribution in [0.2, 0.25) is 0 Å². The Morgan fingerprint density at radius 3 is 2.57 bits per heavy atom. The molecular weight excluding hydrogens is 270 g/mol. The van der Waals surface area contributed by atoms with Crippen molar-refractivity contribution in [2.45, 2.75) is 6.92 Å². The monoisotopic (exact) mass is 283 g/mol. The lowest BCUT2D eigenvalue weighted by molar-refractivity contribution is 0.365. The minimum atomic E-state index is 0.282. The molecule has 2 aromatic heterocycles. The summed E-state index contributed by atoms with van der Waals surface area (Å²) in [7, 11) is 1.52. The van der Waals surface area contributed by atoms with Crippen LogP contribution in [0.1, 0.15) is 5.69 Å². The van der Waals surface area contributed by atoms with Crippen LogP contribution in [0.25, 0.3) is 5.69 Å². The smallest absolute Gasteiger partial charge is 0.319 e. The zero-order valence-electron chi connectivity index (χ0n) is 11.6. The summed E-state index contributed by atoms with van der Waals surface area (Å²) < 4.78 is 12.4. The van der Waals surface area contributed by atoms with Crippen LogP contribution < -0.4 is 9.47 Å². The minimum absolute atomic E-state index is 0.282. The molecule has 21 heavy (non-hydrogen) atoms. The first kappa shape index (κ1) is 13.0. The molecule has 0 bridgehead atoms. The summed E-state index contributed by atoms with van der Waals surface area (Å²) in [6, 6.07) is 9.46. The van der Waals surface area contributed by atoms with Gasteiger partial charge in [-0.1, -0.05) is 0 Å². The van der Waals surface area contributed by atoms with Crippen LogP contribution in [-0.2, 0) is 0 Å². The summed E-state index contributed by atoms with van der Waals surface area (Å²) in [5, 5.41) is 4.06. The Kier molecular flexibility index (Phi) is 3.46. The van der Waals surface area contributed by atoms with E-state index in [0.29, 0.717) is 11.6 Å². The van der Waals surface area contributed by atoms with Gasteiger partial charge in [-0.2, -0.15) is 10.1 Å². The lowest BCUT2D eigenvalue weighted by Gasteiger charge is -2.07. The minimum Gasteiger partial charge on any atom is -0.467 e. The second-order valence-electron chi connectivity index (χ2n) is 4.27. The standard InChI is InChI=1S/C14H13N5O2/c1-10-7-13(18-14(17-10)20-2)21-12-5-3-11(4-6-12)19-9-15-8-16-19/h3-9H,1-2H3. The quantitative estimate of drug-likeness (QED) is 0.730. The molecule has 106 valence electrons. The van der Waals surface area contributed by atoms with Crippen LogP contribution in [-0.4, -0.2) is 31.8 Å². The van der Waals surface area contributed by atoms with E-state index in [1.54, 1.807) is 17.1 Å². The average Bonchev–Trinajstić information content (AvgIpc) is 3.01. The number of rotatable bonds is 4. The van der Waals surface area contributed by atoms with Crippen molar-refractivity contribution in [1.82, 2.24) is 24.7 Å². The Bertz CT molecular complexity index is 726. The number of aromatic nitrogens is 5. The van der Waals surface area contributed by atoms with Crippen LogP contribution >= 0.6 is 0 Å².